The summed E-state index contributed by atoms with van der Waals surface area (Å²) in [5.74, 6) is -0.0301. The molecule has 1 amide bonds. The molecule has 0 aliphatic carbocycles. The summed E-state index contributed by atoms with van der Waals surface area (Å²) in [4.78, 5) is 12.3. The van der Waals surface area contributed by atoms with Gasteiger partial charge in [0.1, 0.15) is 0 Å². The van der Waals surface area contributed by atoms with Crippen molar-refractivity contribution >= 4 is 5.91 Å². The average molecular weight is 610 g/mol. The molecule has 43 heavy (non-hydrogen) atoms. The molecule has 0 aromatic heterocycles. The smallest absolute Gasteiger partial charge is 0.220 e. The molecule has 0 aliphatic rings. The van der Waals surface area contributed by atoms with Gasteiger partial charge in [0.15, 0.2) is 0 Å². The van der Waals surface area contributed by atoms with Crippen molar-refractivity contribution in [1.82, 2.24) is 5.32 Å². The molecule has 4 heteroatoms. The highest BCUT2D eigenvalue weighted by Gasteiger charge is 2.19. The van der Waals surface area contributed by atoms with Gasteiger partial charge in [0, 0.05) is 6.42 Å². The SMILES string of the molecule is CCCCCCCCCCCCCCCCCCCCCCC(O)C(CO)NC(=O)CCCCCCCCCCCCC. The molecule has 0 aromatic carbocycles. The third-order valence-corrected chi connectivity index (χ3v) is 9.37. The zero-order valence-electron chi connectivity index (χ0n) is 29.5. The van der Waals surface area contributed by atoms with Crippen LogP contribution >= 0.6 is 0 Å². The van der Waals surface area contributed by atoms with Crippen molar-refractivity contribution in [1.29, 1.82) is 0 Å². The van der Waals surface area contributed by atoms with E-state index in [4.69, 9.17) is 0 Å². The lowest BCUT2D eigenvalue weighted by molar-refractivity contribution is -0.123. The summed E-state index contributed by atoms with van der Waals surface area (Å²) in [5.41, 5.74) is 0. The summed E-state index contributed by atoms with van der Waals surface area (Å²) >= 11 is 0. The van der Waals surface area contributed by atoms with Crippen LogP contribution in [-0.2, 0) is 4.79 Å². The van der Waals surface area contributed by atoms with Gasteiger partial charge in [-0.25, -0.2) is 0 Å². The molecule has 0 rings (SSSR count). The Bertz CT molecular complexity index is 541. The van der Waals surface area contributed by atoms with Crippen LogP contribution in [0.15, 0.2) is 0 Å². The maximum atomic E-state index is 12.3. The van der Waals surface area contributed by atoms with Crippen molar-refractivity contribution in [3.63, 3.8) is 0 Å². The number of aliphatic hydroxyl groups excluding tert-OH is 2. The Morgan fingerprint density at radius 2 is 0.744 bits per heavy atom. The molecule has 4 nitrogen and oxygen atoms in total. The lowest BCUT2D eigenvalue weighted by Gasteiger charge is -2.22. The van der Waals surface area contributed by atoms with E-state index in [-0.39, 0.29) is 12.5 Å². The molecule has 2 unspecified atom stereocenters. The molecule has 258 valence electrons. The second kappa shape index (κ2) is 35.9. The normalized spacial score (nSPS) is 12.9. The number of hydrogen-bond acceptors (Lipinski definition) is 3. The number of hydrogen-bond donors (Lipinski definition) is 3. The first-order chi connectivity index (χ1) is 21.2. The van der Waals surface area contributed by atoms with Crippen molar-refractivity contribution in [2.45, 2.75) is 238 Å². The molecule has 3 N–H and O–H groups in total. The maximum absolute atomic E-state index is 12.3. The molecule has 0 heterocycles. The van der Waals surface area contributed by atoms with Crippen LogP contribution in [0.1, 0.15) is 226 Å². The largest absolute Gasteiger partial charge is 0.394 e. The quantitative estimate of drug-likeness (QED) is 0.0619. The molecule has 0 fully saturated rings. The van der Waals surface area contributed by atoms with E-state index < -0.39 is 12.1 Å². The summed E-state index contributed by atoms with van der Waals surface area (Å²) in [6.45, 7) is 4.36. The molecular formula is C39H79NO3. The van der Waals surface area contributed by atoms with Crippen LogP contribution in [-0.4, -0.2) is 34.9 Å². The van der Waals surface area contributed by atoms with E-state index in [1.165, 1.54) is 173 Å². The molecule has 0 saturated carbocycles. The topological polar surface area (TPSA) is 69.6 Å². The Morgan fingerprint density at radius 3 is 1.05 bits per heavy atom. The van der Waals surface area contributed by atoms with Gasteiger partial charge in [0.2, 0.25) is 5.91 Å². The second-order valence-electron chi connectivity index (χ2n) is 13.7. The van der Waals surface area contributed by atoms with Gasteiger partial charge >= 0.3 is 0 Å². The number of carbonyl (C=O) groups excluding carboxylic acids is 1. The third kappa shape index (κ3) is 32.6. The summed E-state index contributed by atoms with van der Waals surface area (Å²) in [7, 11) is 0. The number of carbonyl (C=O) groups is 1. The fourth-order valence-electron chi connectivity index (χ4n) is 6.30. The van der Waals surface area contributed by atoms with Gasteiger partial charge in [-0.05, 0) is 12.8 Å². The fraction of sp³-hybridized carbons (Fsp3) is 0.974. The minimum Gasteiger partial charge on any atom is -0.394 e. The Morgan fingerprint density at radius 1 is 0.465 bits per heavy atom. The number of nitrogens with one attached hydrogen (secondary N) is 1. The Hall–Kier alpha value is -0.610. The zero-order chi connectivity index (χ0) is 31.5. The first-order valence-electron chi connectivity index (χ1n) is 19.7. The molecule has 0 radical (unpaired) electrons. The Labute approximate surface area is 270 Å². The van der Waals surface area contributed by atoms with Gasteiger partial charge in [-0.15, -0.1) is 0 Å². The highest BCUT2D eigenvalue weighted by atomic mass is 16.3. The molecule has 0 bridgehead atoms. The Balaban J connectivity index is 3.47. The van der Waals surface area contributed by atoms with Gasteiger partial charge in [-0.1, -0.05) is 206 Å². The van der Waals surface area contributed by atoms with Gasteiger partial charge in [0.25, 0.3) is 0 Å². The van der Waals surface area contributed by atoms with Crippen LogP contribution in [0.2, 0.25) is 0 Å². The third-order valence-electron chi connectivity index (χ3n) is 9.37. The van der Waals surface area contributed by atoms with Crippen molar-refractivity contribution < 1.29 is 15.0 Å². The van der Waals surface area contributed by atoms with Gasteiger partial charge in [-0.2, -0.15) is 0 Å². The number of amides is 1. The summed E-state index contributed by atoms with van der Waals surface area (Å²) < 4.78 is 0. The highest BCUT2D eigenvalue weighted by molar-refractivity contribution is 5.76. The van der Waals surface area contributed by atoms with E-state index in [0.717, 1.165) is 25.7 Å². The lowest BCUT2D eigenvalue weighted by Crippen LogP contribution is -2.45. The minimum atomic E-state index is -0.651. The standard InChI is InChI=1S/C39H79NO3/c1-3-5-7-9-11-13-15-16-17-18-19-20-21-22-23-25-26-28-30-32-34-38(42)37(36-41)40-39(43)35-33-31-29-27-24-14-12-10-8-6-4-2/h37-38,41-42H,3-36H2,1-2H3,(H,40,43). The predicted molar refractivity (Wildman–Crippen MR) is 189 cm³/mol. The van der Waals surface area contributed by atoms with Gasteiger partial charge in [0.05, 0.1) is 18.8 Å². The summed E-state index contributed by atoms with van der Waals surface area (Å²) in [6, 6.07) is -0.527. The van der Waals surface area contributed by atoms with E-state index in [9.17, 15) is 15.0 Å². The highest BCUT2D eigenvalue weighted by Crippen LogP contribution is 2.16. The van der Waals surface area contributed by atoms with Crippen LogP contribution in [0.25, 0.3) is 0 Å². The van der Waals surface area contributed by atoms with Crippen molar-refractivity contribution in [3.8, 4) is 0 Å². The van der Waals surface area contributed by atoms with E-state index >= 15 is 0 Å². The molecule has 0 aliphatic heterocycles. The number of unbranched alkanes of at least 4 members (excludes halogenated alkanes) is 29. The monoisotopic (exact) mass is 610 g/mol. The summed E-state index contributed by atoms with van der Waals surface area (Å²) in [6.07, 6.45) is 41.7. The van der Waals surface area contributed by atoms with Gasteiger partial charge < -0.3 is 15.5 Å². The predicted octanol–water partition coefficient (Wildman–Crippen LogP) is 11.7. The number of aliphatic hydroxyl groups is 2. The van der Waals surface area contributed by atoms with E-state index in [1.807, 2.05) is 0 Å². The first kappa shape index (κ1) is 42.4. The van der Waals surface area contributed by atoms with Crippen LogP contribution in [0.4, 0.5) is 0 Å². The first-order valence-corrected chi connectivity index (χ1v) is 19.7. The summed E-state index contributed by atoms with van der Waals surface area (Å²) in [5, 5.41) is 23.1. The van der Waals surface area contributed by atoms with E-state index in [1.54, 1.807) is 0 Å². The van der Waals surface area contributed by atoms with E-state index in [0.29, 0.717) is 12.8 Å². The van der Waals surface area contributed by atoms with Crippen molar-refractivity contribution in [2.75, 3.05) is 6.61 Å². The van der Waals surface area contributed by atoms with E-state index in [2.05, 4.69) is 19.2 Å². The molecular weight excluding hydrogens is 530 g/mol. The lowest BCUT2D eigenvalue weighted by atomic mass is 10.0. The van der Waals surface area contributed by atoms with Crippen molar-refractivity contribution in [3.05, 3.63) is 0 Å². The van der Waals surface area contributed by atoms with Crippen molar-refractivity contribution in [2.24, 2.45) is 0 Å². The second-order valence-corrected chi connectivity index (χ2v) is 13.7. The average Bonchev–Trinajstić information content (AvgIpc) is 3.01. The fourth-order valence-corrected chi connectivity index (χ4v) is 6.30. The maximum Gasteiger partial charge on any atom is 0.220 e. The molecule has 0 saturated heterocycles. The van der Waals surface area contributed by atoms with Crippen LogP contribution in [0.5, 0.6) is 0 Å². The zero-order valence-corrected chi connectivity index (χ0v) is 29.5. The van der Waals surface area contributed by atoms with Crippen LogP contribution in [0, 0.1) is 0 Å². The molecule has 0 aromatic rings. The molecule has 0 spiro atoms. The van der Waals surface area contributed by atoms with Crippen LogP contribution in [0.3, 0.4) is 0 Å². The van der Waals surface area contributed by atoms with Crippen LogP contribution < -0.4 is 5.32 Å². The van der Waals surface area contributed by atoms with Gasteiger partial charge in [-0.3, -0.25) is 4.79 Å². The Kier molecular flexibility index (Phi) is 35.4. The number of rotatable bonds is 36. The minimum absolute atomic E-state index is 0.0301. The molecule has 2 atom stereocenters.